The van der Waals surface area contributed by atoms with Gasteiger partial charge < -0.3 is 20.2 Å². The van der Waals surface area contributed by atoms with Crippen molar-refractivity contribution in [1.29, 1.82) is 0 Å². The van der Waals surface area contributed by atoms with Crippen molar-refractivity contribution in [2.75, 3.05) is 31.1 Å². The van der Waals surface area contributed by atoms with Crippen LogP contribution in [0.3, 0.4) is 0 Å². The lowest BCUT2D eigenvalue weighted by Gasteiger charge is -2.38. The number of nitrogens with zero attached hydrogens (tertiary/aromatic N) is 3. The van der Waals surface area contributed by atoms with Crippen LogP contribution in [0.4, 0.5) is 16.2 Å². The zero-order chi connectivity index (χ0) is 15.0. The minimum absolute atomic E-state index is 0.0286. The van der Waals surface area contributed by atoms with E-state index in [1.807, 2.05) is 0 Å². The van der Waals surface area contributed by atoms with Crippen LogP contribution in [-0.4, -0.2) is 53.2 Å². The molecule has 8 heteroatoms. The third-order valence-electron chi connectivity index (χ3n) is 4.02. The molecule has 2 heterocycles. The number of nitro benzene ring substituents is 1. The molecular weight excluding hydrogens is 276 g/mol. The number of urea groups is 1. The number of rotatable bonds is 3. The fraction of sp³-hybridized carbons (Fsp3) is 0.462. The number of anilines is 1. The number of piperazine rings is 1. The molecule has 3 rings (SSSR count). The van der Waals surface area contributed by atoms with Crippen molar-refractivity contribution >= 4 is 17.4 Å². The van der Waals surface area contributed by atoms with E-state index in [0.717, 1.165) is 5.69 Å². The number of hydrogen-bond donors (Lipinski definition) is 2. The number of fused-ring (bicyclic) bond motifs is 1. The molecule has 0 spiro atoms. The van der Waals surface area contributed by atoms with E-state index >= 15 is 0 Å². The SMILES string of the molecule is O=C1NCC2CN(c3ccc([N+](=O)[O-])cc3CO)CCN12. The van der Waals surface area contributed by atoms with E-state index in [0.29, 0.717) is 31.7 Å². The summed E-state index contributed by atoms with van der Waals surface area (Å²) in [5, 5.41) is 23.1. The van der Waals surface area contributed by atoms with Gasteiger partial charge in [-0.2, -0.15) is 0 Å². The largest absolute Gasteiger partial charge is 0.392 e. The van der Waals surface area contributed by atoms with Crippen molar-refractivity contribution in [3.05, 3.63) is 33.9 Å². The van der Waals surface area contributed by atoms with Crippen molar-refractivity contribution in [1.82, 2.24) is 10.2 Å². The van der Waals surface area contributed by atoms with E-state index in [-0.39, 0.29) is 24.4 Å². The van der Waals surface area contributed by atoms with Gasteiger partial charge in [-0.15, -0.1) is 0 Å². The zero-order valence-corrected chi connectivity index (χ0v) is 11.4. The smallest absolute Gasteiger partial charge is 0.317 e. The molecule has 2 N–H and O–H groups in total. The van der Waals surface area contributed by atoms with Crippen LogP contribution in [0.5, 0.6) is 0 Å². The van der Waals surface area contributed by atoms with Crippen LogP contribution in [0.25, 0.3) is 0 Å². The minimum Gasteiger partial charge on any atom is -0.392 e. The molecule has 112 valence electrons. The summed E-state index contributed by atoms with van der Waals surface area (Å²) in [5.74, 6) is 0. The molecule has 2 aliphatic rings. The number of nitrogens with one attached hydrogen (secondary N) is 1. The summed E-state index contributed by atoms with van der Waals surface area (Å²) in [6.45, 7) is 2.27. The highest BCUT2D eigenvalue weighted by atomic mass is 16.6. The van der Waals surface area contributed by atoms with Crippen LogP contribution in [0.1, 0.15) is 5.56 Å². The van der Waals surface area contributed by atoms with E-state index in [1.165, 1.54) is 12.1 Å². The summed E-state index contributed by atoms with van der Waals surface area (Å²) < 4.78 is 0. The van der Waals surface area contributed by atoms with Gasteiger partial charge >= 0.3 is 6.03 Å². The van der Waals surface area contributed by atoms with Crippen LogP contribution in [0.2, 0.25) is 0 Å². The zero-order valence-electron chi connectivity index (χ0n) is 11.4. The molecule has 0 aliphatic carbocycles. The van der Waals surface area contributed by atoms with Crippen molar-refractivity contribution in [2.24, 2.45) is 0 Å². The number of nitro groups is 1. The lowest BCUT2D eigenvalue weighted by molar-refractivity contribution is -0.384. The Kier molecular flexibility index (Phi) is 3.38. The molecule has 2 fully saturated rings. The number of hydrogen-bond acceptors (Lipinski definition) is 5. The fourth-order valence-corrected chi connectivity index (χ4v) is 2.94. The fourth-order valence-electron chi connectivity index (χ4n) is 2.94. The molecule has 1 atom stereocenters. The summed E-state index contributed by atoms with van der Waals surface area (Å²) in [4.78, 5) is 25.8. The molecule has 1 aromatic carbocycles. The van der Waals surface area contributed by atoms with Crippen LogP contribution in [0.15, 0.2) is 18.2 Å². The lowest BCUT2D eigenvalue weighted by atomic mass is 10.1. The Bertz CT molecular complexity index is 592. The molecule has 21 heavy (non-hydrogen) atoms. The molecule has 8 nitrogen and oxygen atoms in total. The summed E-state index contributed by atoms with van der Waals surface area (Å²) in [6, 6.07) is 4.58. The Morgan fingerprint density at radius 1 is 1.43 bits per heavy atom. The second kappa shape index (κ2) is 5.21. The second-order valence-electron chi connectivity index (χ2n) is 5.21. The number of carbonyl (C=O) groups excluding carboxylic acids is 1. The first-order chi connectivity index (χ1) is 10.1. The number of non-ortho nitro benzene ring substituents is 1. The molecule has 2 saturated heterocycles. The van der Waals surface area contributed by atoms with Gasteiger partial charge in [-0.25, -0.2) is 4.79 Å². The first-order valence-corrected chi connectivity index (χ1v) is 6.77. The number of amides is 2. The number of benzene rings is 1. The van der Waals surface area contributed by atoms with Crippen LogP contribution >= 0.6 is 0 Å². The van der Waals surface area contributed by atoms with Crippen LogP contribution < -0.4 is 10.2 Å². The molecule has 2 aliphatic heterocycles. The van der Waals surface area contributed by atoms with Crippen LogP contribution in [0, 0.1) is 10.1 Å². The number of aliphatic hydroxyl groups excluding tert-OH is 1. The maximum Gasteiger partial charge on any atom is 0.317 e. The molecule has 1 unspecified atom stereocenters. The summed E-state index contributed by atoms with van der Waals surface area (Å²) in [5.41, 5.74) is 1.30. The molecule has 1 aromatic rings. The highest BCUT2D eigenvalue weighted by molar-refractivity contribution is 5.77. The Labute approximate surface area is 121 Å². The van der Waals surface area contributed by atoms with Crippen LogP contribution in [-0.2, 0) is 6.61 Å². The Hall–Kier alpha value is -2.35. The summed E-state index contributed by atoms with van der Waals surface area (Å²) >= 11 is 0. The number of carbonyl (C=O) groups is 1. The van der Waals surface area contributed by atoms with E-state index in [9.17, 15) is 20.0 Å². The van der Waals surface area contributed by atoms with E-state index in [1.54, 1.807) is 11.0 Å². The molecule has 0 bridgehead atoms. The van der Waals surface area contributed by atoms with Crippen molar-refractivity contribution < 1.29 is 14.8 Å². The van der Waals surface area contributed by atoms with Gasteiger partial charge in [0, 0.05) is 49.6 Å². The standard InChI is InChI=1S/C13H16N4O4/c18-8-9-5-10(17(20)21)1-2-12(9)15-3-4-16-11(7-15)6-14-13(16)19/h1-2,5,11,18H,3-4,6-8H2,(H,14,19). The minimum atomic E-state index is -0.472. The van der Waals surface area contributed by atoms with Crippen molar-refractivity contribution in [3.63, 3.8) is 0 Å². The quantitative estimate of drug-likeness (QED) is 0.616. The average Bonchev–Trinajstić information content (AvgIpc) is 2.87. The van der Waals surface area contributed by atoms with Crippen molar-refractivity contribution in [3.8, 4) is 0 Å². The predicted octanol–water partition coefficient (Wildman–Crippen LogP) is 0.301. The second-order valence-corrected chi connectivity index (χ2v) is 5.21. The van der Waals surface area contributed by atoms with Gasteiger partial charge in [0.25, 0.3) is 5.69 Å². The van der Waals surface area contributed by atoms with E-state index < -0.39 is 4.92 Å². The topological polar surface area (TPSA) is 99.0 Å². The number of aliphatic hydroxyl groups is 1. The maximum atomic E-state index is 11.6. The molecule has 0 saturated carbocycles. The Balaban J connectivity index is 1.84. The summed E-state index contributed by atoms with van der Waals surface area (Å²) in [7, 11) is 0. The van der Waals surface area contributed by atoms with Gasteiger partial charge in [0.05, 0.1) is 17.6 Å². The third-order valence-corrected chi connectivity index (χ3v) is 4.02. The third kappa shape index (κ3) is 2.38. The first kappa shape index (κ1) is 13.6. The van der Waals surface area contributed by atoms with Gasteiger partial charge in [0.15, 0.2) is 0 Å². The highest BCUT2D eigenvalue weighted by Gasteiger charge is 2.35. The van der Waals surface area contributed by atoms with Gasteiger partial charge in [-0.1, -0.05) is 0 Å². The van der Waals surface area contributed by atoms with Crippen molar-refractivity contribution in [2.45, 2.75) is 12.6 Å². The predicted molar refractivity (Wildman–Crippen MR) is 75.1 cm³/mol. The Morgan fingerprint density at radius 3 is 2.95 bits per heavy atom. The van der Waals surface area contributed by atoms with E-state index in [2.05, 4.69) is 10.2 Å². The Morgan fingerprint density at radius 2 is 2.24 bits per heavy atom. The lowest BCUT2D eigenvalue weighted by Crippen LogP contribution is -2.52. The summed E-state index contributed by atoms with van der Waals surface area (Å²) in [6.07, 6.45) is 0. The van der Waals surface area contributed by atoms with Gasteiger partial charge in [0.2, 0.25) is 0 Å². The normalized spacial score (nSPS) is 21.2. The maximum absolute atomic E-state index is 11.6. The van der Waals surface area contributed by atoms with Gasteiger partial charge in [-0.05, 0) is 6.07 Å². The average molecular weight is 292 g/mol. The monoisotopic (exact) mass is 292 g/mol. The molecule has 2 amide bonds. The molecule has 0 aromatic heterocycles. The van der Waals surface area contributed by atoms with E-state index in [4.69, 9.17) is 0 Å². The molecular formula is C13H16N4O4. The highest BCUT2D eigenvalue weighted by Crippen LogP contribution is 2.28. The molecule has 0 radical (unpaired) electrons. The first-order valence-electron chi connectivity index (χ1n) is 6.77. The van der Waals surface area contributed by atoms with Gasteiger partial charge in [-0.3, -0.25) is 10.1 Å². The van der Waals surface area contributed by atoms with Gasteiger partial charge in [0.1, 0.15) is 0 Å².